The lowest BCUT2D eigenvalue weighted by atomic mass is 9.94. The molecule has 7 nitrogen and oxygen atoms in total. The van der Waals surface area contributed by atoms with E-state index >= 15 is 0 Å². The Balaban J connectivity index is 1.30. The number of likely N-dealkylation sites (N-methyl/N-ethyl adjacent to an activating group) is 1. The molecule has 0 radical (unpaired) electrons. The Bertz CT molecular complexity index is 1040. The average Bonchev–Trinajstić information content (AvgIpc) is 2.82. The minimum atomic E-state index is 0.203. The zero-order valence-electron chi connectivity index (χ0n) is 18.7. The van der Waals surface area contributed by atoms with E-state index < -0.39 is 0 Å². The number of anilines is 3. The van der Waals surface area contributed by atoms with Crippen LogP contribution in [0.4, 0.5) is 17.3 Å². The maximum Gasteiger partial charge on any atom is 0.227 e. The van der Waals surface area contributed by atoms with Gasteiger partial charge in [-0.1, -0.05) is 12.1 Å². The van der Waals surface area contributed by atoms with Gasteiger partial charge in [0.1, 0.15) is 11.3 Å². The Kier molecular flexibility index (Phi) is 6.10. The van der Waals surface area contributed by atoms with Crippen molar-refractivity contribution in [2.24, 2.45) is 5.73 Å². The van der Waals surface area contributed by atoms with Crippen molar-refractivity contribution in [3.8, 4) is 5.75 Å². The van der Waals surface area contributed by atoms with E-state index in [4.69, 9.17) is 15.5 Å². The highest BCUT2D eigenvalue weighted by Gasteiger charge is 2.21. The zero-order chi connectivity index (χ0) is 21.9. The number of nitrogens with zero attached hydrogens (tertiary/aromatic N) is 4. The van der Waals surface area contributed by atoms with Gasteiger partial charge in [-0.2, -0.15) is 0 Å². The quantitative estimate of drug-likeness (QED) is 0.635. The van der Waals surface area contributed by atoms with Gasteiger partial charge in [0.25, 0.3) is 0 Å². The molecule has 3 N–H and O–H groups in total. The van der Waals surface area contributed by atoms with E-state index in [1.54, 1.807) is 0 Å². The molecule has 1 saturated heterocycles. The molecular formula is C25H32N6O. The molecule has 0 bridgehead atoms. The van der Waals surface area contributed by atoms with Crippen LogP contribution in [0.25, 0.3) is 10.9 Å². The van der Waals surface area contributed by atoms with Crippen molar-refractivity contribution < 1.29 is 4.74 Å². The lowest BCUT2D eigenvalue weighted by molar-refractivity contribution is 0.149. The fraction of sp³-hybridized carbons (Fsp3) is 0.440. The number of nitrogens with one attached hydrogen (secondary N) is 1. The summed E-state index contributed by atoms with van der Waals surface area (Å²) in [6.07, 6.45) is 6.07. The Hall–Kier alpha value is -2.90. The first kappa shape index (κ1) is 21.0. The van der Waals surface area contributed by atoms with E-state index in [0.717, 1.165) is 74.2 Å². The second kappa shape index (κ2) is 9.30. The number of aromatic nitrogens is 2. The second-order valence-corrected chi connectivity index (χ2v) is 9.00. The van der Waals surface area contributed by atoms with Gasteiger partial charge in [0, 0.05) is 55.2 Å². The third-order valence-corrected chi connectivity index (χ3v) is 6.58. The summed E-state index contributed by atoms with van der Waals surface area (Å²) in [5.41, 5.74) is 9.11. The molecule has 2 fully saturated rings. The van der Waals surface area contributed by atoms with Crippen molar-refractivity contribution in [1.82, 2.24) is 14.9 Å². The predicted octanol–water partition coefficient (Wildman–Crippen LogP) is 3.77. The number of nitrogens with two attached hydrogens (primary N) is 1. The van der Waals surface area contributed by atoms with Gasteiger partial charge in [-0.05, 0) is 63.1 Å². The Morgan fingerprint density at radius 1 is 0.969 bits per heavy atom. The van der Waals surface area contributed by atoms with Crippen LogP contribution in [-0.2, 0) is 0 Å². The predicted molar refractivity (Wildman–Crippen MR) is 130 cm³/mol. The number of hydrogen-bond acceptors (Lipinski definition) is 7. The SMILES string of the molecule is CN1CCN(c2ccc(Nc3ncc4cccc(OC5CCC(N)CC5)c4n3)cc2)CC1. The molecule has 1 aliphatic heterocycles. The Morgan fingerprint density at radius 2 is 1.72 bits per heavy atom. The highest BCUT2D eigenvalue weighted by Crippen LogP contribution is 2.29. The van der Waals surface area contributed by atoms with Crippen molar-refractivity contribution in [2.75, 3.05) is 43.4 Å². The van der Waals surface area contributed by atoms with Crippen LogP contribution in [-0.4, -0.2) is 60.2 Å². The summed E-state index contributed by atoms with van der Waals surface area (Å²) < 4.78 is 6.33. The number of ether oxygens (including phenoxy) is 1. The fourth-order valence-corrected chi connectivity index (χ4v) is 4.52. The van der Waals surface area contributed by atoms with Crippen LogP contribution in [0.5, 0.6) is 5.75 Å². The molecular weight excluding hydrogens is 400 g/mol. The van der Waals surface area contributed by atoms with Gasteiger partial charge in [-0.25, -0.2) is 9.97 Å². The maximum absolute atomic E-state index is 6.33. The molecule has 7 heteroatoms. The molecule has 5 rings (SSSR count). The van der Waals surface area contributed by atoms with Gasteiger partial charge in [-0.3, -0.25) is 0 Å². The van der Waals surface area contributed by atoms with Crippen molar-refractivity contribution in [2.45, 2.75) is 37.8 Å². The molecule has 1 saturated carbocycles. The minimum Gasteiger partial charge on any atom is -0.488 e. The number of piperazine rings is 1. The second-order valence-electron chi connectivity index (χ2n) is 9.00. The summed E-state index contributed by atoms with van der Waals surface area (Å²) in [5, 5.41) is 4.33. The van der Waals surface area contributed by atoms with Gasteiger partial charge < -0.3 is 25.6 Å². The van der Waals surface area contributed by atoms with E-state index in [1.807, 2.05) is 24.4 Å². The molecule has 0 amide bonds. The molecule has 2 aromatic carbocycles. The third-order valence-electron chi connectivity index (χ3n) is 6.58. The molecule has 2 aliphatic rings. The summed E-state index contributed by atoms with van der Waals surface area (Å²) in [6, 6.07) is 14.8. The van der Waals surface area contributed by atoms with Crippen LogP contribution in [0, 0.1) is 0 Å². The molecule has 0 spiro atoms. The summed E-state index contributed by atoms with van der Waals surface area (Å²) in [4.78, 5) is 14.1. The molecule has 0 unspecified atom stereocenters. The van der Waals surface area contributed by atoms with E-state index in [1.165, 1.54) is 5.69 Å². The van der Waals surface area contributed by atoms with Gasteiger partial charge in [-0.15, -0.1) is 0 Å². The first-order valence-corrected chi connectivity index (χ1v) is 11.6. The van der Waals surface area contributed by atoms with Crippen molar-refractivity contribution in [3.63, 3.8) is 0 Å². The summed E-state index contributed by atoms with van der Waals surface area (Å²) in [5.74, 6) is 1.39. The van der Waals surface area contributed by atoms with E-state index in [0.29, 0.717) is 12.0 Å². The number of rotatable bonds is 5. The molecule has 1 aromatic heterocycles. The number of fused-ring (bicyclic) bond motifs is 1. The number of benzene rings is 2. The van der Waals surface area contributed by atoms with Crippen LogP contribution in [0.3, 0.4) is 0 Å². The van der Waals surface area contributed by atoms with E-state index in [9.17, 15) is 0 Å². The molecule has 2 heterocycles. The molecule has 0 atom stereocenters. The maximum atomic E-state index is 6.33. The Labute approximate surface area is 189 Å². The van der Waals surface area contributed by atoms with Gasteiger partial charge >= 0.3 is 0 Å². The minimum absolute atomic E-state index is 0.203. The van der Waals surface area contributed by atoms with E-state index in [-0.39, 0.29) is 6.10 Å². The average molecular weight is 433 g/mol. The summed E-state index contributed by atoms with van der Waals surface area (Å²) in [6.45, 7) is 4.32. The third kappa shape index (κ3) is 4.79. The lowest BCUT2D eigenvalue weighted by Gasteiger charge is -2.34. The van der Waals surface area contributed by atoms with Crippen LogP contribution in [0.2, 0.25) is 0 Å². The van der Waals surface area contributed by atoms with Gasteiger partial charge in [0.05, 0.1) is 6.10 Å². The molecule has 3 aromatic rings. The number of hydrogen-bond donors (Lipinski definition) is 2. The lowest BCUT2D eigenvalue weighted by Crippen LogP contribution is -2.44. The number of para-hydroxylation sites is 1. The summed E-state index contributed by atoms with van der Waals surface area (Å²) in [7, 11) is 2.18. The first-order valence-electron chi connectivity index (χ1n) is 11.6. The first-order chi connectivity index (χ1) is 15.6. The smallest absolute Gasteiger partial charge is 0.227 e. The van der Waals surface area contributed by atoms with Crippen LogP contribution >= 0.6 is 0 Å². The van der Waals surface area contributed by atoms with Gasteiger partial charge in [0.2, 0.25) is 5.95 Å². The standard InChI is InChI=1S/C25H32N6O/c1-30-13-15-31(16-14-30)21-9-7-20(8-10-21)28-25-27-17-18-3-2-4-23(24(18)29-25)32-22-11-5-19(26)6-12-22/h2-4,7-10,17,19,22H,5-6,11-16,26H2,1H3,(H,27,28,29). The fourth-order valence-electron chi connectivity index (χ4n) is 4.52. The van der Waals surface area contributed by atoms with Crippen molar-refractivity contribution in [3.05, 3.63) is 48.7 Å². The Morgan fingerprint density at radius 3 is 2.47 bits per heavy atom. The van der Waals surface area contributed by atoms with Gasteiger partial charge in [0.15, 0.2) is 0 Å². The molecule has 168 valence electrons. The normalized spacial score (nSPS) is 22.1. The monoisotopic (exact) mass is 432 g/mol. The van der Waals surface area contributed by atoms with Crippen molar-refractivity contribution >= 4 is 28.2 Å². The highest BCUT2D eigenvalue weighted by atomic mass is 16.5. The zero-order valence-corrected chi connectivity index (χ0v) is 18.7. The topological polar surface area (TPSA) is 79.5 Å². The van der Waals surface area contributed by atoms with Crippen LogP contribution < -0.4 is 20.7 Å². The largest absolute Gasteiger partial charge is 0.488 e. The van der Waals surface area contributed by atoms with Crippen LogP contribution in [0.15, 0.2) is 48.7 Å². The van der Waals surface area contributed by atoms with Crippen molar-refractivity contribution in [1.29, 1.82) is 0 Å². The van der Waals surface area contributed by atoms with E-state index in [2.05, 4.69) is 51.4 Å². The highest BCUT2D eigenvalue weighted by molar-refractivity contribution is 5.85. The molecule has 32 heavy (non-hydrogen) atoms. The molecule has 1 aliphatic carbocycles. The van der Waals surface area contributed by atoms with Crippen LogP contribution in [0.1, 0.15) is 25.7 Å². The summed E-state index contributed by atoms with van der Waals surface area (Å²) >= 11 is 0.